The second-order valence-electron chi connectivity index (χ2n) is 4.32. The number of hydrogen-bond acceptors (Lipinski definition) is 4. The fourth-order valence-electron chi connectivity index (χ4n) is 2.23. The largest absolute Gasteiger partial charge is 0.467 e. The summed E-state index contributed by atoms with van der Waals surface area (Å²) in [5, 5.41) is 9.89. The summed E-state index contributed by atoms with van der Waals surface area (Å²) in [6.45, 7) is 1.71. The number of rotatable bonds is 3. The van der Waals surface area contributed by atoms with Gasteiger partial charge in [0, 0.05) is 24.3 Å². The summed E-state index contributed by atoms with van der Waals surface area (Å²) < 4.78 is 17.8. The van der Waals surface area contributed by atoms with Gasteiger partial charge < -0.3 is 14.7 Å². The Balaban J connectivity index is 2.36. The lowest BCUT2D eigenvalue weighted by molar-refractivity contribution is -0.150. The molecule has 1 atom stereocenters. The molecule has 5 heteroatoms. The molecule has 1 saturated heterocycles. The van der Waals surface area contributed by atoms with E-state index < -0.39 is 17.9 Å². The number of hydrogen-bond donors (Lipinski definition) is 1. The number of benzene rings is 1. The summed E-state index contributed by atoms with van der Waals surface area (Å²) in [6, 6.07) is 4.12. The van der Waals surface area contributed by atoms with Crippen LogP contribution in [0.1, 0.15) is 24.5 Å². The molecule has 1 aromatic carbocycles. The van der Waals surface area contributed by atoms with Crippen LogP contribution in [-0.4, -0.2) is 31.3 Å². The minimum absolute atomic E-state index is 0.267. The van der Waals surface area contributed by atoms with Gasteiger partial charge in [0.1, 0.15) is 5.82 Å². The zero-order valence-electron chi connectivity index (χ0n) is 10.2. The number of methoxy groups -OCH3 is 1. The Labute approximate surface area is 105 Å². The van der Waals surface area contributed by atoms with Crippen LogP contribution in [0.4, 0.5) is 10.1 Å². The molecule has 0 aromatic heterocycles. The van der Waals surface area contributed by atoms with Gasteiger partial charge in [0.2, 0.25) is 0 Å². The highest BCUT2D eigenvalue weighted by Crippen LogP contribution is 2.30. The molecule has 1 unspecified atom stereocenters. The van der Waals surface area contributed by atoms with Crippen molar-refractivity contribution in [3.05, 3.63) is 29.6 Å². The maximum atomic E-state index is 13.3. The minimum atomic E-state index is -1.44. The summed E-state index contributed by atoms with van der Waals surface area (Å²) in [6.07, 6.45) is 0.678. The number of anilines is 1. The lowest BCUT2D eigenvalue weighted by Crippen LogP contribution is -2.22. The molecule has 98 valence electrons. The summed E-state index contributed by atoms with van der Waals surface area (Å²) in [5.41, 5.74) is 0.968. The fraction of sp³-hybridized carbons (Fsp3) is 0.462. The highest BCUT2D eigenvalue weighted by atomic mass is 19.1. The first-order chi connectivity index (χ1) is 8.63. The van der Waals surface area contributed by atoms with E-state index in [0.29, 0.717) is 5.69 Å². The van der Waals surface area contributed by atoms with Crippen LogP contribution in [0.2, 0.25) is 0 Å². The zero-order valence-corrected chi connectivity index (χ0v) is 10.2. The third kappa shape index (κ3) is 2.46. The van der Waals surface area contributed by atoms with E-state index in [2.05, 4.69) is 4.74 Å². The Kier molecular flexibility index (Phi) is 3.81. The summed E-state index contributed by atoms with van der Waals surface area (Å²) in [5.74, 6) is -1.25. The second-order valence-corrected chi connectivity index (χ2v) is 4.32. The molecule has 0 radical (unpaired) electrons. The first kappa shape index (κ1) is 12.8. The van der Waals surface area contributed by atoms with Gasteiger partial charge in [0.25, 0.3) is 0 Å². The average Bonchev–Trinajstić information content (AvgIpc) is 2.90. The van der Waals surface area contributed by atoms with E-state index in [-0.39, 0.29) is 5.56 Å². The Morgan fingerprint density at radius 1 is 1.44 bits per heavy atom. The SMILES string of the molecule is COC(=O)C(O)c1cc(F)ccc1N1CCCC1. The zero-order chi connectivity index (χ0) is 13.1. The van der Waals surface area contributed by atoms with Crippen molar-refractivity contribution in [3.8, 4) is 0 Å². The predicted molar refractivity (Wildman–Crippen MR) is 64.8 cm³/mol. The monoisotopic (exact) mass is 253 g/mol. The highest BCUT2D eigenvalue weighted by molar-refractivity contribution is 5.79. The van der Waals surface area contributed by atoms with Crippen molar-refractivity contribution in [1.82, 2.24) is 0 Å². The predicted octanol–water partition coefficient (Wildman–Crippen LogP) is 1.63. The van der Waals surface area contributed by atoms with Crippen LogP contribution in [0.15, 0.2) is 18.2 Å². The van der Waals surface area contributed by atoms with Crippen molar-refractivity contribution in [1.29, 1.82) is 0 Å². The molecule has 0 amide bonds. The Morgan fingerprint density at radius 3 is 2.72 bits per heavy atom. The van der Waals surface area contributed by atoms with Crippen LogP contribution in [0.25, 0.3) is 0 Å². The standard InChI is InChI=1S/C13H16FNO3/c1-18-13(17)12(16)10-8-9(14)4-5-11(10)15-6-2-3-7-15/h4-5,8,12,16H,2-3,6-7H2,1H3. The molecule has 0 bridgehead atoms. The van der Waals surface area contributed by atoms with Crippen molar-refractivity contribution < 1.29 is 19.0 Å². The first-order valence-electron chi connectivity index (χ1n) is 5.94. The smallest absolute Gasteiger partial charge is 0.339 e. The molecule has 1 aromatic rings. The van der Waals surface area contributed by atoms with E-state index in [4.69, 9.17) is 0 Å². The lowest BCUT2D eigenvalue weighted by atomic mass is 10.1. The minimum Gasteiger partial charge on any atom is -0.467 e. The van der Waals surface area contributed by atoms with Gasteiger partial charge in [-0.05, 0) is 31.0 Å². The van der Waals surface area contributed by atoms with E-state index in [9.17, 15) is 14.3 Å². The van der Waals surface area contributed by atoms with Gasteiger partial charge >= 0.3 is 5.97 Å². The number of aliphatic hydroxyl groups is 1. The lowest BCUT2D eigenvalue weighted by Gasteiger charge is -2.23. The number of aliphatic hydroxyl groups excluding tert-OH is 1. The van der Waals surface area contributed by atoms with Crippen molar-refractivity contribution in [3.63, 3.8) is 0 Å². The summed E-state index contributed by atoms with van der Waals surface area (Å²) in [7, 11) is 1.19. The van der Waals surface area contributed by atoms with Crippen molar-refractivity contribution in [2.45, 2.75) is 18.9 Å². The number of halogens is 1. The van der Waals surface area contributed by atoms with E-state index in [1.54, 1.807) is 6.07 Å². The van der Waals surface area contributed by atoms with E-state index in [1.165, 1.54) is 19.2 Å². The van der Waals surface area contributed by atoms with Gasteiger partial charge in [-0.2, -0.15) is 0 Å². The molecular formula is C13H16FNO3. The average molecular weight is 253 g/mol. The second kappa shape index (κ2) is 5.35. The van der Waals surface area contributed by atoms with Gasteiger partial charge in [-0.3, -0.25) is 0 Å². The van der Waals surface area contributed by atoms with Crippen LogP contribution < -0.4 is 4.90 Å². The third-order valence-corrected chi connectivity index (χ3v) is 3.16. The Morgan fingerprint density at radius 2 is 2.11 bits per heavy atom. The summed E-state index contributed by atoms with van der Waals surface area (Å²) in [4.78, 5) is 13.4. The summed E-state index contributed by atoms with van der Waals surface area (Å²) >= 11 is 0. The van der Waals surface area contributed by atoms with Crippen molar-refractivity contribution in [2.75, 3.05) is 25.1 Å². The molecule has 0 saturated carbocycles. The first-order valence-corrected chi connectivity index (χ1v) is 5.94. The quantitative estimate of drug-likeness (QED) is 0.832. The number of nitrogens with zero attached hydrogens (tertiary/aromatic N) is 1. The third-order valence-electron chi connectivity index (χ3n) is 3.16. The molecule has 1 N–H and O–H groups in total. The van der Waals surface area contributed by atoms with Gasteiger partial charge in [-0.25, -0.2) is 9.18 Å². The fourth-order valence-corrected chi connectivity index (χ4v) is 2.23. The Bertz CT molecular complexity index is 444. The number of carbonyl (C=O) groups excluding carboxylic acids is 1. The highest BCUT2D eigenvalue weighted by Gasteiger charge is 2.25. The molecule has 1 heterocycles. The Hall–Kier alpha value is -1.62. The molecule has 0 aliphatic carbocycles. The van der Waals surface area contributed by atoms with Gasteiger partial charge in [0.15, 0.2) is 6.10 Å². The molecular weight excluding hydrogens is 237 g/mol. The van der Waals surface area contributed by atoms with Crippen LogP contribution in [0.5, 0.6) is 0 Å². The van der Waals surface area contributed by atoms with Gasteiger partial charge in [0.05, 0.1) is 7.11 Å². The van der Waals surface area contributed by atoms with E-state index in [1.807, 2.05) is 4.90 Å². The normalized spacial score (nSPS) is 16.7. The van der Waals surface area contributed by atoms with Crippen LogP contribution in [0, 0.1) is 5.82 Å². The van der Waals surface area contributed by atoms with E-state index in [0.717, 1.165) is 25.9 Å². The molecule has 1 fully saturated rings. The molecule has 18 heavy (non-hydrogen) atoms. The molecule has 2 rings (SSSR count). The topological polar surface area (TPSA) is 49.8 Å². The maximum absolute atomic E-state index is 13.3. The number of ether oxygens (including phenoxy) is 1. The van der Waals surface area contributed by atoms with Crippen LogP contribution >= 0.6 is 0 Å². The van der Waals surface area contributed by atoms with Crippen LogP contribution in [0.3, 0.4) is 0 Å². The van der Waals surface area contributed by atoms with Crippen LogP contribution in [-0.2, 0) is 9.53 Å². The van der Waals surface area contributed by atoms with Crippen molar-refractivity contribution in [2.24, 2.45) is 0 Å². The van der Waals surface area contributed by atoms with Gasteiger partial charge in [-0.15, -0.1) is 0 Å². The number of esters is 1. The van der Waals surface area contributed by atoms with E-state index >= 15 is 0 Å². The molecule has 1 aliphatic rings. The molecule has 4 nitrogen and oxygen atoms in total. The van der Waals surface area contributed by atoms with Crippen molar-refractivity contribution >= 4 is 11.7 Å². The molecule has 0 spiro atoms. The van der Waals surface area contributed by atoms with Gasteiger partial charge in [-0.1, -0.05) is 0 Å². The maximum Gasteiger partial charge on any atom is 0.339 e. The molecule has 1 aliphatic heterocycles. The number of carbonyl (C=O) groups is 1.